The average Bonchev–Trinajstić information content (AvgIpc) is 2.65. The van der Waals surface area contributed by atoms with Gasteiger partial charge in [0.25, 0.3) is 0 Å². The maximum absolute atomic E-state index is 12.0. The lowest BCUT2D eigenvalue weighted by atomic mass is 10.1. The van der Waals surface area contributed by atoms with Crippen LogP contribution in [0.4, 0.5) is 16.2 Å². The zero-order chi connectivity index (χ0) is 19.9. The number of ether oxygens (including phenoxy) is 1. The molecule has 1 aromatic heterocycles. The Bertz CT molecular complexity index is 868. The first-order chi connectivity index (χ1) is 12.9. The van der Waals surface area contributed by atoms with E-state index in [4.69, 9.17) is 4.74 Å². The van der Waals surface area contributed by atoms with E-state index in [0.29, 0.717) is 5.69 Å². The van der Waals surface area contributed by atoms with Gasteiger partial charge in [0.1, 0.15) is 6.61 Å². The van der Waals surface area contributed by atoms with Crippen molar-refractivity contribution in [3.8, 4) is 0 Å². The number of sulfone groups is 1. The first kappa shape index (κ1) is 20.6. The van der Waals surface area contributed by atoms with Gasteiger partial charge in [0, 0.05) is 36.9 Å². The van der Waals surface area contributed by atoms with Crippen molar-refractivity contribution < 1.29 is 17.9 Å². The van der Waals surface area contributed by atoms with E-state index in [-0.39, 0.29) is 17.5 Å². The van der Waals surface area contributed by atoms with Crippen molar-refractivity contribution >= 4 is 27.3 Å². The smallest absolute Gasteiger partial charge is 0.411 e. The molecule has 0 bridgehead atoms. The minimum Gasteiger partial charge on any atom is -0.448 e. The van der Waals surface area contributed by atoms with Crippen molar-refractivity contribution in [1.82, 2.24) is 9.97 Å². The highest BCUT2D eigenvalue weighted by molar-refractivity contribution is 7.91. The summed E-state index contributed by atoms with van der Waals surface area (Å²) in [5.41, 5.74) is 2.58. The van der Waals surface area contributed by atoms with E-state index in [0.717, 1.165) is 24.3 Å². The number of aryl methyl sites for hydroxylation is 1. The summed E-state index contributed by atoms with van der Waals surface area (Å²) in [4.78, 5) is 21.6. The van der Waals surface area contributed by atoms with E-state index in [1.807, 2.05) is 19.1 Å². The van der Waals surface area contributed by atoms with Crippen molar-refractivity contribution in [1.29, 1.82) is 0 Å². The van der Waals surface area contributed by atoms with Gasteiger partial charge in [-0.3, -0.25) is 5.32 Å². The third-order valence-corrected chi connectivity index (χ3v) is 5.45. The highest BCUT2D eigenvalue weighted by Gasteiger charge is 2.18. The molecule has 2 aromatic rings. The van der Waals surface area contributed by atoms with Gasteiger partial charge in [0.15, 0.2) is 0 Å². The monoisotopic (exact) mass is 392 g/mol. The molecular weight excluding hydrogens is 368 g/mol. The second-order valence-corrected chi connectivity index (χ2v) is 7.79. The highest BCUT2D eigenvalue weighted by Crippen LogP contribution is 2.22. The SMILES string of the molecule is CCN(CC)c1ccc(NC(=O)OCCS(=O)(=O)c2ncccn2)c(C)c1. The average molecular weight is 392 g/mol. The lowest BCUT2D eigenvalue weighted by molar-refractivity contribution is 0.168. The van der Waals surface area contributed by atoms with Crippen LogP contribution < -0.4 is 10.2 Å². The van der Waals surface area contributed by atoms with Gasteiger partial charge in [0.2, 0.25) is 15.0 Å². The molecule has 2 rings (SSSR count). The Balaban J connectivity index is 1.91. The van der Waals surface area contributed by atoms with Gasteiger partial charge in [-0.15, -0.1) is 0 Å². The molecular formula is C18H24N4O4S. The molecule has 1 amide bonds. The van der Waals surface area contributed by atoms with Crippen LogP contribution in [0.15, 0.2) is 41.8 Å². The Hall–Kier alpha value is -2.68. The summed E-state index contributed by atoms with van der Waals surface area (Å²) in [5, 5.41) is 2.35. The summed E-state index contributed by atoms with van der Waals surface area (Å²) < 4.78 is 29.1. The highest BCUT2D eigenvalue weighted by atomic mass is 32.2. The molecule has 1 N–H and O–H groups in total. The molecule has 0 aliphatic carbocycles. The molecule has 27 heavy (non-hydrogen) atoms. The van der Waals surface area contributed by atoms with Crippen LogP contribution in [-0.4, -0.2) is 49.9 Å². The number of hydrogen-bond acceptors (Lipinski definition) is 7. The predicted molar refractivity (Wildman–Crippen MR) is 104 cm³/mol. The molecule has 9 heteroatoms. The molecule has 0 aliphatic rings. The van der Waals surface area contributed by atoms with Crippen LogP contribution in [0.1, 0.15) is 19.4 Å². The molecule has 1 heterocycles. The summed E-state index contributed by atoms with van der Waals surface area (Å²) in [7, 11) is -3.69. The van der Waals surface area contributed by atoms with Crippen molar-refractivity contribution in [3.05, 3.63) is 42.2 Å². The van der Waals surface area contributed by atoms with E-state index in [1.165, 1.54) is 18.5 Å². The number of carbonyl (C=O) groups is 1. The Labute approximate surface area is 159 Å². The molecule has 0 radical (unpaired) electrons. The van der Waals surface area contributed by atoms with Crippen LogP contribution in [0.5, 0.6) is 0 Å². The first-order valence-corrected chi connectivity index (χ1v) is 10.3. The van der Waals surface area contributed by atoms with Crippen LogP contribution in [0.2, 0.25) is 0 Å². The van der Waals surface area contributed by atoms with Crippen LogP contribution >= 0.6 is 0 Å². The lowest BCUT2D eigenvalue weighted by Crippen LogP contribution is -2.22. The molecule has 0 fully saturated rings. The third-order valence-electron chi connectivity index (χ3n) is 3.98. The second-order valence-electron chi connectivity index (χ2n) is 5.78. The van der Waals surface area contributed by atoms with E-state index in [2.05, 4.69) is 34.0 Å². The third kappa shape index (κ3) is 5.65. The zero-order valence-electron chi connectivity index (χ0n) is 15.7. The second kappa shape index (κ2) is 9.31. The minimum absolute atomic E-state index is 0.281. The number of hydrogen-bond donors (Lipinski definition) is 1. The number of anilines is 2. The van der Waals surface area contributed by atoms with Gasteiger partial charge in [-0.2, -0.15) is 0 Å². The summed E-state index contributed by atoms with van der Waals surface area (Å²) >= 11 is 0. The molecule has 0 aliphatic heterocycles. The number of nitrogens with zero attached hydrogens (tertiary/aromatic N) is 3. The van der Waals surface area contributed by atoms with Crippen molar-refractivity contribution in [2.24, 2.45) is 0 Å². The number of amides is 1. The Kier molecular flexibility index (Phi) is 7.12. The van der Waals surface area contributed by atoms with Crippen LogP contribution in [0.3, 0.4) is 0 Å². The van der Waals surface area contributed by atoms with Crippen molar-refractivity contribution in [3.63, 3.8) is 0 Å². The molecule has 146 valence electrons. The lowest BCUT2D eigenvalue weighted by Gasteiger charge is -2.22. The van der Waals surface area contributed by atoms with Gasteiger partial charge in [-0.1, -0.05) is 0 Å². The molecule has 0 saturated carbocycles. The van der Waals surface area contributed by atoms with Gasteiger partial charge < -0.3 is 9.64 Å². The number of rotatable bonds is 8. The number of benzene rings is 1. The maximum atomic E-state index is 12.0. The topological polar surface area (TPSA) is 101 Å². The maximum Gasteiger partial charge on any atom is 0.411 e. The molecule has 1 aromatic carbocycles. The fraction of sp³-hybridized carbons (Fsp3) is 0.389. The normalized spacial score (nSPS) is 11.1. The number of aromatic nitrogens is 2. The van der Waals surface area contributed by atoms with E-state index < -0.39 is 15.9 Å². The van der Waals surface area contributed by atoms with Crippen LogP contribution in [0.25, 0.3) is 0 Å². The van der Waals surface area contributed by atoms with Gasteiger partial charge in [0.05, 0.1) is 5.75 Å². The summed E-state index contributed by atoms with van der Waals surface area (Å²) in [6.45, 7) is 7.55. The summed E-state index contributed by atoms with van der Waals surface area (Å²) in [6.07, 6.45) is 1.98. The number of carbonyl (C=O) groups excluding carboxylic acids is 1. The summed E-state index contributed by atoms with van der Waals surface area (Å²) in [5.74, 6) is -0.385. The predicted octanol–water partition coefficient (Wildman–Crippen LogP) is 2.65. The van der Waals surface area contributed by atoms with Crippen LogP contribution in [0, 0.1) is 6.92 Å². The van der Waals surface area contributed by atoms with Gasteiger partial charge >= 0.3 is 6.09 Å². The molecule has 0 atom stereocenters. The first-order valence-electron chi connectivity index (χ1n) is 8.66. The fourth-order valence-electron chi connectivity index (χ4n) is 2.50. The van der Waals surface area contributed by atoms with Crippen LogP contribution in [-0.2, 0) is 14.6 Å². The van der Waals surface area contributed by atoms with Crippen molar-refractivity contribution in [2.75, 3.05) is 35.7 Å². The van der Waals surface area contributed by atoms with E-state index >= 15 is 0 Å². The molecule has 0 spiro atoms. The molecule has 8 nitrogen and oxygen atoms in total. The minimum atomic E-state index is -3.69. The van der Waals surface area contributed by atoms with Gasteiger partial charge in [-0.05, 0) is 50.6 Å². The molecule has 0 saturated heterocycles. The zero-order valence-corrected chi connectivity index (χ0v) is 16.5. The van der Waals surface area contributed by atoms with Crippen molar-refractivity contribution in [2.45, 2.75) is 25.9 Å². The Morgan fingerprint density at radius 1 is 1.19 bits per heavy atom. The van der Waals surface area contributed by atoms with Gasteiger partial charge in [-0.25, -0.2) is 23.2 Å². The van der Waals surface area contributed by atoms with E-state index in [9.17, 15) is 13.2 Å². The molecule has 0 unspecified atom stereocenters. The fourth-order valence-corrected chi connectivity index (χ4v) is 3.43. The largest absolute Gasteiger partial charge is 0.448 e. The summed E-state index contributed by atoms with van der Waals surface area (Å²) in [6, 6.07) is 7.24. The quantitative estimate of drug-likeness (QED) is 0.689. The number of nitrogens with one attached hydrogen (secondary N) is 1. The Morgan fingerprint density at radius 2 is 1.85 bits per heavy atom. The standard InChI is InChI=1S/C18H24N4O4S/c1-4-22(5-2)15-7-8-16(14(3)13-15)21-18(23)26-11-12-27(24,25)17-19-9-6-10-20-17/h6-10,13H,4-5,11-12H2,1-3H3,(H,21,23). The van der Waals surface area contributed by atoms with E-state index in [1.54, 1.807) is 6.07 Å². The Morgan fingerprint density at radius 3 is 2.44 bits per heavy atom.